The quantitative estimate of drug-likeness (QED) is 0.643. The number of carbonyl (C=O) groups excluding carboxylic acids is 2. The normalized spacial score (nSPS) is 11.1. The molecule has 0 aliphatic heterocycles. The maximum absolute atomic E-state index is 12.4. The number of amides is 2. The molecule has 156 valence electrons. The first-order valence-corrected chi connectivity index (χ1v) is 8.06. The number of halogens is 5. The number of alkyl halides is 5. The van der Waals surface area contributed by atoms with E-state index in [-0.39, 0.29) is 22.7 Å². The molecular weight excluding hydrogens is 403 g/mol. The van der Waals surface area contributed by atoms with E-state index < -0.39 is 37.8 Å². The summed E-state index contributed by atoms with van der Waals surface area (Å²) in [7, 11) is 0. The van der Waals surface area contributed by atoms with Crippen molar-refractivity contribution in [3.8, 4) is 11.5 Å². The van der Waals surface area contributed by atoms with Gasteiger partial charge in [0.2, 0.25) is 5.91 Å². The summed E-state index contributed by atoms with van der Waals surface area (Å²) in [5, 5.41) is 4.51. The highest BCUT2D eigenvalue weighted by Gasteiger charge is 2.29. The van der Waals surface area contributed by atoms with Crippen LogP contribution in [-0.4, -0.2) is 37.8 Å². The van der Waals surface area contributed by atoms with Crippen LogP contribution in [0.25, 0.3) is 0 Å². The van der Waals surface area contributed by atoms with Gasteiger partial charge in [0.05, 0.1) is 17.8 Å². The Morgan fingerprint density at radius 3 is 2.24 bits per heavy atom. The van der Waals surface area contributed by atoms with Gasteiger partial charge in [-0.3, -0.25) is 9.59 Å². The van der Waals surface area contributed by atoms with Gasteiger partial charge in [0.15, 0.2) is 6.61 Å². The summed E-state index contributed by atoms with van der Waals surface area (Å²) in [5.74, 6) is -2.20. The van der Waals surface area contributed by atoms with Gasteiger partial charge < -0.3 is 20.1 Å². The van der Waals surface area contributed by atoms with E-state index in [1.165, 1.54) is 42.5 Å². The van der Waals surface area contributed by atoms with Gasteiger partial charge in [-0.1, -0.05) is 24.3 Å². The summed E-state index contributed by atoms with van der Waals surface area (Å²) in [6.07, 6.45) is -4.56. The Hall–Kier alpha value is -3.37. The molecular formula is C18H15F5N2O4. The van der Waals surface area contributed by atoms with E-state index in [1.54, 1.807) is 0 Å². The summed E-state index contributed by atoms with van der Waals surface area (Å²) >= 11 is 0. The number of anilines is 1. The summed E-state index contributed by atoms with van der Waals surface area (Å²) < 4.78 is 70.6. The van der Waals surface area contributed by atoms with Crippen molar-refractivity contribution in [2.75, 3.05) is 18.5 Å². The monoisotopic (exact) mass is 418 g/mol. The Labute approximate surface area is 161 Å². The van der Waals surface area contributed by atoms with E-state index in [2.05, 4.69) is 20.1 Å². The molecule has 11 heteroatoms. The topological polar surface area (TPSA) is 76.7 Å². The maximum Gasteiger partial charge on any atom is 0.422 e. The molecule has 6 nitrogen and oxygen atoms in total. The molecule has 0 radical (unpaired) electrons. The van der Waals surface area contributed by atoms with E-state index in [0.717, 1.165) is 6.07 Å². The molecule has 2 amide bonds. The second-order valence-corrected chi connectivity index (χ2v) is 5.51. The average Bonchev–Trinajstić information content (AvgIpc) is 2.65. The minimum absolute atomic E-state index is 0.0302. The number of hydrogen-bond donors (Lipinski definition) is 2. The number of benzene rings is 2. The van der Waals surface area contributed by atoms with E-state index in [1.807, 2.05) is 0 Å². The zero-order chi connectivity index (χ0) is 21.4. The molecule has 0 unspecified atom stereocenters. The van der Waals surface area contributed by atoms with E-state index in [4.69, 9.17) is 0 Å². The van der Waals surface area contributed by atoms with Gasteiger partial charge in [-0.25, -0.2) is 0 Å². The molecule has 0 bridgehead atoms. The maximum atomic E-state index is 12.4. The number of rotatable bonds is 8. The third-order valence-corrected chi connectivity index (χ3v) is 3.31. The summed E-state index contributed by atoms with van der Waals surface area (Å²) in [4.78, 5) is 24.1. The van der Waals surface area contributed by atoms with Crippen molar-refractivity contribution < 1.29 is 41.0 Å². The third-order valence-electron chi connectivity index (χ3n) is 3.31. The highest BCUT2D eigenvalue weighted by atomic mass is 19.4. The highest BCUT2D eigenvalue weighted by Crippen LogP contribution is 2.26. The van der Waals surface area contributed by atoms with Crippen molar-refractivity contribution in [1.82, 2.24) is 5.32 Å². The van der Waals surface area contributed by atoms with Crippen molar-refractivity contribution in [2.24, 2.45) is 0 Å². The number of nitrogens with one attached hydrogen (secondary N) is 2. The fourth-order valence-electron chi connectivity index (χ4n) is 2.16. The van der Waals surface area contributed by atoms with Crippen LogP contribution in [-0.2, 0) is 4.79 Å². The van der Waals surface area contributed by atoms with Crippen LogP contribution in [0.4, 0.5) is 27.6 Å². The first-order valence-electron chi connectivity index (χ1n) is 8.06. The van der Waals surface area contributed by atoms with Crippen molar-refractivity contribution >= 4 is 17.5 Å². The van der Waals surface area contributed by atoms with Crippen molar-refractivity contribution in [3.05, 3.63) is 54.1 Å². The number of para-hydroxylation sites is 3. The molecule has 0 saturated carbocycles. The van der Waals surface area contributed by atoms with Gasteiger partial charge in [-0.05, 0) is 24.3 Å². The summed E-state index contributed by atoms with van der Waals surface area (Å²) in [6.45, 7) is -5.26. The van der Waals surface area contributed by atoms with Crippen LogP contribution < -0.4 is 20.1 Å². The zero-order valence-electron chi connectivity index (χ0n) is 14.6. The minimum atomic E-state index is -4.56. The number of ether oxygens (including phenoxy) is 2. The van der Waals surface area contributed by atoms with Gasteiger partial charge in [0.1, 0.15) is 11.5 Å². The SMILES string of the molecule is O=C(CNC(=O)c1ccccc1OC(F)F)Nc1ccccc1OCC(F)(F)F. The van der Waals surface area contributed by atoms with E-state index >= 15 is 0 Å². The van der Waals surface area contributed by atoms with Crippen LogP contribution in [0.5, 0.6) is 11.5 Å². The van der Waals surface area contributed by atoms with Crippen molar-refractivity contribution in [3.63, 3.8) is 0 Å². The predicted octanol–water partition coefficient (Wildman–Crippen LogP) is 3.60. The summed E-state index contributed by atoms with van der Waals surface area (Å²) in [6, 6.07) is 10.6. The number of carbonyl (C=O) groups is 2. The molecule has 2 N–H and O–H groups in total. The Morgan fingerprint density at radius 2 is 1.59 bits per heavy atom. The minimum Gasteiger partial charge on any atom is -0.482 e. The Morgan fingerprint density at radius 1 is 0.966 bits per heavy atom. The van der Waals surface area contributed by atoms with Gasteiger partial charge in [-0.15, -0.1) is 0 Å². The largest absolute Gasteiger partial charge is 0.482 e. The lowest BCUT2D eigenvalue weighted by molar-refractivity contribution is -0.153. The lowest BCUT2D eigenvalue weighted by Crippen LogP contribution is -2.33. The molecule has 0 fully saturated rings. The molecule has 2 aromatic rings. The molecule has 29 heavy (non-hydrogen) atoms. The fourth-order valence-corrected chi connectivity index (χ4v) is 2.16. The standard InChI is InChI=1S/C18H15F5N2O4/c19-17(20)29-13-7-3-1-5-11(13)16(27)24-9-15(26)25-12-6-2-4-8-14(12)28-10-18(21,22)23/h1-8,17H,9-10H2,(H,24,27)(H,25,26). The fraction of sp³-hybridized carbons (Fsp3) is 0.222. The molecule has 0 aliphatic carbocycles. The second-order valence-electron chi connectivity index (χ2n) is 5.51. The molecule has 2 rings (SSSR count). The van der Waals surface area contributed by atoms with Gasteiger partial charge in [0, 0.05) is 0 Å². The Bertz CT molecular complexity index is 858. The molecule has 0 saturated heterocycles. The van der Waals surface area contributed by atoms with Crippen LogP contribution in [0.3, 0.4) is 0 Å². The molecule has 0 spiro atoms. The van der Waals surface area contributed by atoms with E-state index in [0.29, 0.717) is 0 Å². The summed E-state index contributed by atoms with van der Waals surface area (Å²) in [5.41, 5.74) is -0.244. The van der Waals surface area contributed by atoms with Gasteiger partial charge in [0.25, 0.3) is 5.91 Å². The second kappa shape index (κ2) is 9.71. The number of hydrogen-bond acceptors (Lipinski definition) is 4. The van der Waals surface area contributed by atoms with Crippen LogP contribution in [0.1, 0.15) is 10.4 Å². The third kappa shape index (κ3) is 7.28. The Kier molecular flexibility index (Phi) is 7.34. The lowest BCUT2D eigenvalue weighted by Gasteiger charge is -2.14. The molecule has 0 aliphatic rings. The van der Waals surface area contributed by atoms with Crippen molar-refractivity contribution in [1.29, 1.82) is 0 Å². The van der Waals surface area contributed by atoms with Crippen LogP contribution >= 0.6 is 0 Å². The molecule has 0 aromatic heterocycles. The van der Waals surface area contributed by atoms with Crippen LogP contribution in [0.2, 0.25) is 0 Å². The Balaban J connectivity index is 1.97. The zero-order valence-corrected chi connectivity index (χ0v) is 14.6. The molecule has 0 atom stereocenters. The first-order chi connectivity index (χ1) is 13.7. The van der Waals surface area contributed by atoms with Crippen LogP contribution in [0.15, 0.2) is 48.5 Å². The van der Waals surface area contributed by atoms with Crippen molar-refractivity contribution in [2.45, 2.75) is 12.8 Å². The smallest absolute Gasteiger partial charge is 0.422 e. The first kappa shape index (κ1) is 21.9. The lowest BCUT2D eigenvalue weighted by atomic mass is 10.2. The van der Waals surface area contributed by atoms with Gasteiger partial charge >= 0.3 is 12.8 Å². The predicted molar refractivity (Wildman–Crippen MR) is 92.0 cm³/mol. The molecule has 0 heterocycles. The van der Waals surface area contributed by atoms with E-state index in [9.17, 15) is 31.5 Å². The van der Waals surface area contributed by atoms with Gasteiger partial charge in [-0.2, -0.15) is 22.0 Å². The molecule has 2 aromatic carbocycles. The average molecular weight is 418 g/mol. The highest BCUT2D eigenvalue weighted by molar-refractivity contribution is 6.01. The van der Waals surface area contributed by atoms with Crippen LogP contribution in [0, 0.1) is 0 Å².